The van der Waals surface area contributed by atoms with E-state index in [9.17, 15) is 4.79 Å². The van der Waals surface area contributed by atoms with E-state index in [-0.39, 0.29) is 11.5 Å². The van der Waals surface area contributed by atoms with Crippen molar-refractivity contribution in [2.75, 3.05) is 6.61 Å². The molecule has 0 bridgehead atoms. The molecule has 0 atom stereocenters. The third-order valence-corrected chi connectivity index (χ3v) is 1.48. The molecule has 1 aromatic heterocycles. The molecule has 0 radical (unpaired) electrons. The predicted octanol–water partition coefficient (Wildman–Crippen LogP) is 0.595. The van der Waals surface area contributed by atoms with E-state index in [4.69, 9.17) is 10.5 Å². The highest BCUT2D eigenvalue weighted by Gasteiger charge is 2.10. The fourth-order valence-electron chi connectivity index (χ4n) is 0.943. The molecule has 0 aliphatic heterocycles. The number of aromatic amines is 1. The zero-order valence-corrected chi connectivity index (χ0v) is 8.07. The maximum Gasteiger partial charge on any atom is 0.269 e. The number of nitrogens with zero attached hydrogens (tertiary/aromatic N) is 2. The van der Waals surface area contributed by atoms with Crippen LogP contribution in [0.3, 0.4) is 0 Å². The SMILES string of the molecule is CCO/C(C)=N/c1nc[nH]c1C(N)=O. The van der Waals surface area contributed by atoms with Crippen LogP contribution in [0.2, 0.25) is 0 Å². The van der Waals surface area contributed by atoms with E-state index in [2.05, 4.69) is 15.0 Å². The highest BCUT2D eigenvalue weighted by Crippen LogP contribution is 2.12. The van der Waals surface area contributed by atoms with Crippen molar-refractivity contribution in [3.8, 4) is 0 Å². The highest BCUT2D eigenvalue weighted by molar-refractivity contribution is 5.95. The Kier molecular flexibility index (Phi) is 3.22. The van der Waals surface area contributed by atoms with Crippen molar-refractivity contribution in [1.29, 1.82) is 0 Å². The van der Waals surface area contributed by atoms with Gasteiger partial charge in [-0.1, -0.05) is 0 Å². The van der Waals surface area contributed by atoms with Gasteiger partial charge in [0, 0.05) is 6.92 Å². The molecule has 0 aromatic carbocycles. The smallest absolute Gasteiger partial charge is 0.269 e. The second-order valence-electron chi connectivity index (χ2n) is 2.53. The van der Waals surface area contributed by atoms with Crippen LogP contribution in [0.15, 0.2) is 11.3 Å². The van der Waals surface area contributed by atoms with Crippen molar-refractivity contribution in [3.05, 3.63) is 12.0 Å². The summed E-state index contributed by atoms with van der Waals surface area (Å²) in [7, 11) is 0. The summed E-state index contributed by atoms with van der Waals surface area (Å²) in [5, 5.41) is 0. The summed E-state index contributed by atoms with van der Waals surface area (Å²) >= 11 is 0. The summed E-state index contributed by atoms with van der Waals surface area (Å²) in [6, 6.07) is 0. The number of ether oxygens (including phenoxy) is 1. The monoisotopic (exact) mass is 196 g/mol. The Bertz CT molecular complexity index is 356. The number of hydrogen-bond donors (Lipinski definition) is 2. The minimum absolute atomic E-state index is 0.184. The summed E-state index contributed by atoms with van der Waals surface area (Å²) < 4.78 is 5.09. The minimum Gasteiger partial charge on any atom is -0.481 e. The first-order valence-electron chi connectivity index (χ1n) is 4.16. The second kappa shape index (κ2) is 4.40. The van der Waals surface area contributed by atoms with E-state index in [1.165, 1.54) is 6.33 Å². The number of aliphatic imine (C=N–C) groups is 1. The van der Waals surface area contributed by atoms with Crippen molar-refractivity contribution in [2.45, 2.75) is 13.8 Å². The number of carbonyl (C=O) groups excluding carboxylic acids is 1. The van der Waals surface area contributed by atoms with Gasteiger partial charge in [0.1, 0.15) is 0 Å². The largest absolute Gasteiger partial charge is 0.481 e. The first kappa shape index (κ1) is 10.2. The van der Waals surface area contributed by atoms with Gasteiger partial charge >= 0.3 is 0 Å². The van der Waals surface area contributed by atoms with Crippen LogP contribution < -0.4 is 5.73 Å². The molecule has 0 saturated carbocycles. The van der Waals surface area contributed by atoms with Crippen LogP contribution >= 0.6 is 0 Å². The third kappa shape index (κ3) is 2.32. The van der Waals surface area contributed by atoms with Gasteiger partial charge in [-0.2, -0.15) is 4.99 Å². The van der Waals surface area contributed by atoms with Gasteiger partial charge in [-0.3, -0.25) is 4.79 Å². The van der Waals surface area contributed by atoms with Gasteiger partial charge in [0.2, 0.25) is 0 Å². The number of amides is 1. The van der Waals surface area contributed by atoms with Gasteiger partial charge in [-0.15, -0.1) is 0 Å². The Morgan fingerprint density at radius 3 is 3.07 bits per heavy atom. The van der Waals surface area contributed by atoms with Gasteiger partial charge in [0.15, 0.2) is 17.4 Å². The predicted molar refractivity (Wildman–Crippen MR) is 51.5 cm³/mol. The molecule has 0 spiro atoms. The quantitative estimate of drug-likeness (QED) is 0.547. The van der Waals surface area contributed by atoms with Crippen molar-refractivity contribution in [2.24, 2.45) is 10.7 Å². The summed E-state index contributed by atoms with van der Waals surface area (Å²) in [4.78, 5) is 21.3. The lowest BCUT2D eigenvalue weighted by Gasteiger charge is -1.99. The van der Waals surface area contributed by atoms with Crippen LogP contribution in [0.4, 0.5) is 5.82 Å². The second-order valence-corrected chi connectivity index (χ2v) is 2.53. The van der Waals surface area contributed by atoms with Gasteiger partial charge in [0.05, 0.1) is 12.9 Å². The van der Waals surface area contributed by atoms with Crippen molar-refractivity contribution >= 4 is 17.6 Å². The molecule has 0 saturated heterocycles. The lowest BCUT2D eigenvalue weighted by Crippen LogP contribution is -2.11. The average Bonchev–Trinajstić information content (AvgIpc) is 2.52. The first-order valence-corrected chi connectivity index (χ1v) is 4.16. The number of carbonyl (C=O) groups is 1. The normalized spacial score (nSPS) is 11.4. The van der Waals surface area contributed by atoms with E-state index in [0.29, 0.717) is 12.5 Å². The van der Waals surface area contributed by atoms with Gasteiger partial charge in [0.25, 0.3) is 5.91 Å². The minimum atomic E-state index is -0.592. The number of primary amides is 1. The van der Waals surface area contributed by atoms with Crippen LogP contribution in [-0.2, 0) is 4.74 Å². The lowest BCUT2D eigenvalue weighted by atomic mass is 10.4. The maximum absolute atomic E-state index is 10.9. The summed E-state index contributed by atoms with van der Waals surface area (Å²) in [5.74, 6) is 0.107. The van der Waals surface area contributed by atoms with Gasteiger partial charge in [-0.25, -0.2) is 4.98 Å². The molecule has 0 aliphatic rings. The number of H-pyrrole nitrogens is 1. The summed E-state index contributed by atoms with van der Waals surface area (Å²) in [6.07, 6.45) is 1.36. The number of nitrogens with one attached hydrogen (secondary N) is 1. The number of rotatable bonds is 3. The molecule has 0 aliphatic carbocycles. The van der Waals surface area contributed by atoms with Crippen molar-refractivity contribution < 1.29 is 9.53 Å². The molecule has 6 nitrogen and oxygen atoms in total. The highest BCUT2D eigenvalue weighted by atomic mass is 16.5. The number of aromatic nitrogens is 2. The maximum atomic E-state index is 10.9. The Morgan fingerprint density at radius 2 is 2.50 bits per heavy atom. The Morgan fingerprint density at radius 1 is 1.79 bits per heavy atom. The molecule has 14 heavy (non-hydrogen) atoms. The molecule has 1 heterocycles. The van der Waals surface area contributed by atoms with E-state index < -0.39 is 5.91 Å². The molecule has 0 fully saturated rings. The standard InChI is InChI=1S/C8H12N4O2/c1-3-14-5(2)12-8-6(7(9)13)10-4-11-8/h4H,3H2,1-2H3,(H2,9,13)(H,10,11)/b12-5+. The molecule has 0 unspecified atom stereocenters. The first-order chi connectivity index (χ1) is 6.65. The van der Waals surface area contributed by atoms with Crippen LogP contribution in [0, 0.1) is 0 Å². The fourth-order valence-corrected chi connectivity index (χ4v) is 0.943. The van der Waals surface area contributed by atoms with Crippen LogP contribution in [-0.4, -0.2) is 28.4 Å². The fraction of sp³-hybridized carbons (Fsp3) is 0.375. The lowest BCUT2D eigenvalue weighted by molar-refractivity contribution is 0.0997. The number of imidazole rings is 1. The van der Waals surface area contributed by atoms with Crippen molar-refractivity contribution in [3.63, 3.8) is 0 Å². The molecule has 1 aromatic rings. The van der Waals surface area contributed by atoms with Crippen LogP contribution in [0.5, 0.6) is 0 Å². The topological polar surface area (TPSA) is 93.4 Å². The number of nitrogens with two attached hydrogens (primary N) is 1. The molecule has 6 heteroatoms. The van der Waals surface area contributed by atoms with E-state index in [1.807, 2.05) is 6.92 Å². The third-order valence-electron chi connectivity index (χ3n) is 1.48. The molecule has 3 N–H and O–H groups in total. The molecule has 76 valence electrons. The van der Waals surface area contributed by atoms with Crippen LogP contribution in [0.1, 0.15) is 24.3 Å². The van der Waals surface area contributed by atoms with Crippen molar-refractivity contribution in [1.82, 2.24) is 9.97 Å². The van der Waals surface area contributed by atoms with Crippen LogP contribution in [0.25, 0.3) is 0 Å². The Labute approximate surface area is 81.2 Å². The van der Waals surface area contributed by atoms with Gasteiger partial charge in [-0.05, 0) is 6.92 Å². The average molecular weight is 196 g/mol. The Hall–Kier alpha value is -1.85. The molecular weight excluding hydrogens is 184 g/mol. The summed E-state index contributed by atoms with van der Waals surface area (Å²) in [5.41, 5.74) is 5.27. The number of hydrogen-bond acceptors (Lipinski definition) is 4. The Balaban J connectivity index is 2.90. The molecule has 1 amide bonds. The zero-order chi connectivity index (χ0) is 10.6. The van der Waals surface area contributed by atoms with E-state index in [1.54, 1.807) is 6.92 Å². The van der Waals surface area contributed by atoms with E-state index in [0.717, 1.165) is 0 Å². The molecular formula is C8H12N4O2. The molecule has 1 rings (SSSR count). The van der Waals surface area contributed by atoms with Gasteiger partial charge < -0.3 is 15.5 Å². The zero-order valence-electron chi connectivity index (χ0n) is 8.07. The summed E-state index contributed by atoms with van der Waals surface area (Å²) in [6.45, 7) is 4.05. The van der Waals surface area contributed by atoms with E-state index >= 15 is 0 Å².